The molecule has 26 heavy (non-hydrogen) atoms. The van der Waals surface area contributed by atoms with E-state index in [1.807, 2.05) is 0 Å². The number of furan rings is 1. The van der Waals surface area contributed by atoms with Crippen molar-refractivity contribution < 1.29 is 17.9 Å². The summed E-state index contributed by atoms with van der Waals surface area (Å²) in [5.41, 5.74) is 0. The Kier molecular flexibility index (Phi) is 5.70. The van der Waals surface area contributed by atoms with E-state index in [9.17, 15) is 8.78 Å². The molecular formula is C15H10Cl2F2N4O2S. The van der Waals surface area contributed by atoms with Gasteiger partial charge >= 0.3 is 0 Å². The highest BCUT2D eigenvalue weighted by Gasteiger charge is 2.16. The van der Waals surface area contributed by atoms with Gasteiger partial charge in [0.2, 0.25) is 10.6 Å². The standard InChI is InChI=1S/C15H10Cl2F2N4O2S/c16-10-2-1-3-11(12(10)17)24-7-9-5-4-8(25-9)6-20-23-14(13(18)19)21-22-15(23)26/h1-6,13H,7H2,(H,22,26)/b20-6-. The van der Waals surface area contributed by atoms with E-state index in [0.29, 0.717) is 27.3 Å². The van der Waals surface area contributed by atoms with Crippen LogP contribution in [0.25, 0.3) is 0 Å². The molecule has 0 saturated carbocycles. The summed E-state index contributed by atoms with van der Waals surface area (Å²) in [7, 11) is 0. The van der Waals surface area contributed by atoms with E-state index in [-0.39, 0.29) is 11.4 Å². The minimum absolute atomic E-state index is 0.0535. The van der Waals surface area contributed by atoms with Crippen molar-refractivity contribution in [3.8, 4) is 5.75 Å². The molecule has 136 valence electrons. The molecule has 0 aliphatic rings. The zero-order valence-electron chi connectivity index (χ0n) is 12.8. The molecule has 0 radical (unpaired) electrons. The minimum atomic E-state index is -2.82. The number of nitrogens with one attached hydrogen (secondary N) is 1. The van der Waals surface area contributed by atoms with Crippen LogP contribution in [0.3, 0.4) is 0 Å². The number of rotatable bonds is 6. The Labute approximate surface area is 161 Å². The van der Waals surface area contributed by atoms with Crippen LogP contribution >= 0.6 is 35.4 Å². The van der Waals surface area contributed by atoms with Gasteiger partial charge in [0, 0.05) is 0 Å². The van der Waals surface area contributed by atoms with Gasteiger partial charge in [-0.05, 0) is 36.5 Å². The lowest BCUT2D eigenvalue weighted by molar-refractivity contribution is 0.136. The number of aromatic amines is 1. The lowest BCUT2D eigenvalue weighted by Gasteiger charge is -2.06. The Morgan fingerprint density at radius 1 is 1.35 bits per heavy atom. The quantitative estimate of drug-likeness (QED) is 0.438. The van der Waals surface area contributed by atoms with Crippen molar-refractivity contribution in [1.29, 1.82) is 0 Å². The fourth-order valence-corrected chi connectivity index (χ4v) is 2.49. The summed E-state index contributed by atoms with van der Waals surface area (Å²) in [5, 5.41) is 10.2. The molecule has 3 aromatic rings. The van der Waals surface area contributed by atoms with Crippen molar-refractivity contribution in [3.05, 3.63) is 62.5 Å². The van der Waals surface area contributed by atoms with Gasteiger partial charge in [-0.2, -0.15) is 14.9 Å². The molecule has 0 atom stereocenters. The third-order valence-corrected chi connectivity index (χ3v) is 4.21. The Bertz CT molecular complexity index is 1000. The number of aromatic nitrogens is 3. The largest absolute Gasteiger partial charge is 0.484 e. The molecule has 0 aliphatic carbocycles. The topological polar surface area (TPSA) is 68.3 Å². The molecule has 6 nitrogen and oxygen atoms in total. The van der Waals surface area contributed by atoms with Gasteiger partial charge < -0.3 is 9.15 Å². The number of hydrogen-bond acceptors (Lipinski definition) is 5. The normalized spacial score (nSPS) is 11.6. The molecule has 0 spiro atoms. The smallest absolute Gasteiger partial charge is 0.299 e. The number of hydrogen-bond donors (Lipinski definition) is 1. The maximum Gasteiger partial charge on any atom is 0.299 e. The fourth-order valence-electron chi connectivity index (χ4n) is 1.96. The first kappa shape index (κ1) is 18.6. The molecule has 0 unspecified atom stereocenters. The zero-order valence-corrected chi connectivity index (χ0v) is 15.2. The molecule has 3 rings (SSSR count). The summed E-state index contributed by atoms with van der Waals surface area (Å²) in [5.74, 6) is 0.630. The first-order chi connectivity index (χ1) is 12.5. The van der Waals surface area contributed by atoms with E-state index in [2.05, 4.69) is 15.3 Å². The SMILES string of the molecule is FC(F)c1n[nH]c(=S)n1/N=C\c1ccc(COc2cccc(Cl)c2Cl)o1. The van der Waals surface area contributed by atoms with E-state index < -0.39 is 12.2 Å². The third-order valence-electron chi connectivity index (χ3n) is 3.14. The molecular weight excluding hydrogens is 409 g/mol. The van der Waals surface area contributed by atoms with Gasteiger partial charge in [0.25, 0.3) is 6.43 Å². The number of nitrogens with zero attached hydrogens (tertiary/aromatic N) is 3. The number of halogens is 4. The maximum atomic E-state index is 12.8. The van der Waals surface area contributed by atoms with Crippen LogP contribution in [0.2, 0.25) is 10.0 Å². The van der Waals surface area contributed by atoms with Crippen molar-refractivity contribution in [2.24, 2.45) is 5.10 Å². The van der Waals surface area contributed by atoms with Crippen LogP contribution in [0.5, 0.6) is 5.75 Å². The minimum Gasteiger partial charge on any atom is -0.484 e. The van der Waals surface area contributed by atoms with Gasteiger partial charge in [0.05, 0.1) is 11.2 Å². The number of ether oxygens (including phenoxy) is 1. The van der Waals surface area contributed by atoms with E-state index >= 15 is 0 Å². The second-order valence-electron chi connectivity index (χ2n) is 4.89. The summed E-state index contributed by atoms with van der Waals surface area (Å²) >= 11 is 16.8. The third kappa shape index (κ3) is 4.12. The molecule has 0 amide bonds. The van der Waals surface area contributed by atoms with Crippen LogP contribution in [0, 0.1) is 4.77 Å². The molecule has 0 saturated heterocycles. The van der Waals surface area contributed by atoms with Crippen LogP contribution in [0.4, 0.5) is 8.78 Å². The molecule has 1 aromatic carbocycles. The Morgan fingerprint density at radius 3 is 2.92 bits per heavy atom. The van der Waals surface area contributed by atoms with Gasteiger partial charge in [-0.1, -0.05) is 29.3 Å². The average molecular weight is 419 g/mol. The lowest BCUT2D eigenvalue weighted by Crippen LogP contribution is -1.99. The summed E-state index contributed by atoms with van der Waals surface area (Å²) in [6, 6.07) is 8.29. The average Bonchev–Trinajstić information content (AvgIpc) is 3.21. The highest BCUT2D eigenvalue weighted by Crippen LogP contribution is 2.32. The molecule has 0 aliphatic heterocycles. The molecule has 11 heteroatoms. The van der Waals surface area contributed by atoms with Crippen LogP contribution in [0.15, 0.2) is 39.9 Å². The van der Waals surface area contributed by atoms with Crippen molar-refractivity contribution in [2.45, 2.75) is 13.0 Å². The maximum absolute atomic E-state index is 12.8. The summed E-state index contributed by atoms with van der Waals surface area (Å²) < 4.78 is 37.4. The monoisotopic (exact) mass is 418 g/mol. The zero-order chi connectivity index (χ0) is 18.7. The highest BCUT2D eigenvalue weighted by atomic mass is 35.5. The molecule has 2 aromatic heterocycles. The fraction of sp³-hybridized carbons (Fsp3) is 0.133. The van der Waals surface area contributed by atoms with Crippen molar-refractivity contribution in [3.63, 3.8) is 0 Å². The van der Waals surface area contributed by atoms with Crippen LogP contribution < -0.4 is 4.74 Å². The van der Waals surface area contributed by atoms with Gasteiger partial charge in [-0.3, -0.25) is 0 Å². The van der Waals surface area contributed by atoms with Crippen molar-refractivity contribution >= 4 is 41.6 Å². The molecule has 2 heterocycles. The number of H-pyrrole nitrogens is 1. The van der Waals surface area contributed by atoms with Gasteiger partial charge in [0.1, 0.15) is 28.9 Å². The summed E-state index contributed by atoms with van der Waals surface area (Å²) in [6.45, 7) is 0.0985. The molecule has 0 fully saturated rings. The second kappa shape index (κ2) is 7.98. The Hall–Kier alpha value is -2.23. The van der Waals surface area contributed by atoms with Crippen molar-refractivity contribution in [1.82, 2.24) is 14.9 Å². The Morgan fingerprint density at radius 2 is 2.15 bits per heavy atom. The first-order valence-electron chi connectivity index (χ1n) is 7.11. The van der Waals surface area contributed by atoms with E-state index in [1.54, 1.807) is 30.3 Å². The molecule has 0 bridgehead atoms. The van der Waals surface area contributed by atoms with Crippen LogP contribution in [0.1, 0.15) is 23.8 Å². The Balaban J connectivity index is 1.70. The predicted octanol–water partition coefficient (Wildman–Crippen LogP) is 5.24. The predicted molar refractivity (Wildman–Crippen MR) is 94.9 cm³/mol. The lowest BCUT2D eigenvalue weighted by atomic mass is 10.3. The number of benzene rings is 1. The first-order valence-corrected chi connectivity index (χ1v) is 8.27. The highest BCUT2D eigenvalue weighted by molar-refractivity contribution is 7.71. The summed E-state index contributed by atoms with van der Waals surface area (Å²) in [4.78, 5) is 0. The van der Waals surface area contributed by atoms with Crippen LogP contribution in [-0.2, 0) is 6.61 Å². The van der Waals surface area contributed by atoms with E-state index in [4.69, 9.17) is 44.6 Å². The van der Waals surface area contributed by atoms with Crippen molar-refractivity contribution in [2.75, 3.05) is 0 Å². The van der Waals surface area contributed by atoms with Crippen LogP contribution in [-0.4, -0.2) is 21.1 Å². The van der Waals surface area contributed by atoms with E-state index in [0.717, 1.165) is 4.68 Å². The van der Waals surface area contributed by atoms with E-state index in [1.165, 1.54) is 6.21 Å². The van der Waals surface area contributed by atoms with Gasteiger partial charge in [-0.15, -0.1) is 0 Å². The second-order valence-corrected chi connectivity index (χ2v) is 6.06. The van der Waals surface area contributed by atoms with Gasteiger partial charge in [0.15, 0.2) is 0 Å². The van der Waals surface area contributed by atoms with Gasteiger partial charge in [-0.25, -0.2) is 13.9 Å². The molecule has 1 N–H and O–H groups in total. The number of alkyl halides is 2. The summed E-state index contributed by atoms with van der Waals surface area (Å²) in [6.07, 6.45) is -1.57.